The highest BCUT2D eigenvalue weighted by Gasteiger charge is 2.53. The molecule has 3 rings (SSSR count). The lowest BCUT2D eigenvalue weighted by Crippen LogP contribution is -2.49. The lowest BCUT2D eigenvalue weighted by molar-refractivity contribution is -0.149. The van der Waals surface area contributed by atoms with Crippen molar-refractivity contribution in [3.05, 3.63) is 34.9 Å². The van der Waals surface area contributed by atoms with Crippen LogP contribution in [-0.2, 0) is 19.7 Å². The van der Waals surface area contributed by atoms with E-state index in [1.54, 1.807) is 17.0 Å². The molecule has 1 N–H and O–H groups in total. The second kappa shape index (κ2) is 5.89. The lowest BCUT2D eigenvalue weighted by atomic mass is 9.94. The van der Waals surface area contributed by atoms with Crippen molar-refractivity contribution in [1.29, 1.82) is 0 Å². The molecule has 1 heterocycles. The smallest absolute Gasteiger partial charge is 0.306 e. The van der Waals surface area contributed by atoms with E-state index in [1.807, 2.05) is 12.1 Å². The zero-order chi connectivity index (χ0) is 15.7. The van der Waals surface area contributed by atoms with E-state index in [4.69, 9.17) is 21.4 Å². The maximum absolute atomic E-state index is 12.9. The molecule has 1 saturated heterocycles. The average molecular weight is 324 g/mol. The van der Waals surface area contributed by atoms with Crippen molar-refractivity contribution in [2.75, 3.05) is 19.7 Å². The third-order valence-corrected chi connectivity index (χ3v) is 4.64. The molecule has 0 unspecified atom stereocenters. The summed E-state index contributed by atoms with van der Waals surface area (Å²) in [6, 6.07) is 7.42. The molecule has 0 spiro atoms. The number of ether oxygens (including phenoxy) is 1. The number of morpholine rings is 1. The van der Waals surface area contributed by atoms with Crippen LogP contribution in [-0.4, -0.2) is 47.7 Å². The molecule has 1 saturated carbocycles. The molecule has 0 radical (unpaired) electrons. The summed E-state index contributed by atoms with van der Waals surface area (Å²) in [4.78, 5) is 25.4. The first-order valence-electron chi connectivity index (χ1n) is 7.40. The van der Waals surface area contributed by atoms with Gasteiger partial charge in [-0.3, -0.25) is 9.59 Å². The molecular formula is C16H18ClNO4. The lowest BCUT2D eigenvalue weighted by Gasteiger charge is -2.35. The van der Waals surface area contributed by atoms with E-state index >= 15 is 0 Å². The van der Waals surface area contributed by atoms with Gasteiger partial charge in [0.2, 0.25) is 5.91 Å². The molecule has 1 aromatic rings. The van der Waals surface area contributed by atoms with Gasteiger partial charge in [0, 0.05) is 18.1 Å². The number of nitrogens with zero attached hydrogens (tertiary/aromatic N) is 1. The summed E-state index contributed by atoms with van der Waals surface area (Å²) in [5, 5.41) is 9.52. The number of rotatable bonds is 4. The Balaban J connectivity index is 1.73. The summed E-state index contributed by atoms with van der Waals surface area (Å²) >= 11 is 5.91. The Morgan fingerprint density at radius 3 is 2.59 bits per heavy atom. The molecule has 1 aliphatic carbocycles. The van der Waals surface area contributed by atoms with Crippen LogP contribution >= 0.6 is 11.6 Å². The van der Waals surface area contributed by atoms with Crippen LogP contribution in [0.15, 0.2) is 24.3 Å². The van der Waals surface area contributed by atoms with Crippen molar-refractivity contribution in [1.82, 2.24) is 4.90 Å². The first-order chi connectivity index (χ1) is 10.5. The molecule has 0 aromatic heterocycles. The van der Waals surface area contributed by atoms with Crippen molar-refractivity contribution in [3.8, 4) is 0 Å². The zero-order valence-electron chi connectivity index (χ0n) is 12.1. The van der Waals surface area contributed by atoms with Gasteiger partial charge in [-0.2, -0.15) is 0 Å². The van der Waals surface area contributed by atoms with Crippen LogP contribution in [0.2, 0.25) is 5.02 Å². The Labute approximate surface area is 133 Å². The number of hydrogen-bond acceptors (Lipinski definition) is 3. The van der Waals surface area contributed by atoms with Gasteiger partial charge in [0.15, 0.2) is 0 Å². The number of carbonyl (C=O) groups is 2. The Bertz CT molecular complexity index is 582. The topological polar surface area (TPSA) is 66.8 Å². The molecule has 2 fully saturated rings. The molecule has 22 heavy (non-hydrogen) atoms. The Hall–Kier alpha value is -1.59. The summed E-state index contributed by atoms with van der Waals surface area (Å²) in [5.41, 5.74) is 0.540. The number of amides is 1. The van der Waals surface area contributed by atoms with Gasteiger partial charge in [-0.15, -0.1) is 0 Å². The average Bonchev–Trinajstić information content (AvgIpc) is 3.28. The summed E-state index contributed by atoms with van der Waals surface area (Å²) in [5.74, 6) is -0.827. The highest BCUT2D eigenvalue weighted by molar-refractivity contribution is 6.30. The summed E-state index contributed by atoms with van der Waals surface area (Å²) < 4.78 is 5.43. The van der Waals surface area contributed by atoms with E-state index in [0.29, 0.717) is 24.7 Å². The minimum absolute atomic E-state index is 0.0717. The van der Waals surface area contributed by atoms with Gasteiger partial charge >= 0.3 is 5.97 Å². The highest BCUT2D eigenvalue weighted by atomic mass is 35.5. The van der Waals surface area contributed by atoms with Crippen LogP contribution in [0.5, 0.6) is 0 Å². The molecule has 6 heteroatoms. The second-order valence-electron chi connectivity index (χ2n) is 5.93. The second-order valence-corrected chi connectivity index (χ2v) is 6.37. The SMILES string of the molecule is O=C(O)C[C@@H]1CN(C(=O)C2(c3ccc(Cl)cc3)CC2)CCO1. The summed E-state index contributed by atoms with van der Waals surface area (Å²) in [7, 11) is 0. The van der Waals surface area contributed by atoms with E-state index in [-0.39, 0.29) is 12.3 Å². The molecule has 1 atom stereocenters. The number of hydrogen-bond donors (Lipinski definition) is 1. The van der Waals surface area contributed by atoms with E-state index in [1.165, 1.54) is 0 Å². The van der Waals surface area contributed by atoms with Crippen LogP contribution < -0.4 is 0 Å². The standard InChI is InChI=1S/C16H18ClNO4/c17-12-3-1-11(2-4-12)16(5-6-16)15(21)18-7-8-22-13(10-18)9-14(19)20/h1-4,13H,5-10H2,(H,19,20)/t13-/m1/s1. The van der Waals surface area contributed by atoms with Gasteiger partial charge in [0.05, 0.1) is 24.5 Å². The number of carbonyl (C=O) groups excluding carboxylic acids is 1. The predicted octanol–water partition coefficient (Wildman–Crippen LogP) is 2.07. The first kappa shape index (κ1) is 15.3. The maximum Gasteiger partial charge on any atom is 0.306 e. The largest absolute Gasteiger partial charge is 0.481 e. The van der Waals surface area contributed by atoms with Crippen LogP contribution in [0, 0.1) is 0 Å². The fraction of sp³-hybridized carbons (Fsp3) is 0.500. The van der Waals surface area contributed by atoms with E-state index in [0.717, 1.165) is 18.4 Å². The fourth-order valence-corrected chi connectivity index (χ4v) is 3.17. The quantitative estimate of drug-likeness (QED) is 0.921. The summed E-state index contributed by atoms with van der Waals surface area (Å²) in [6.07, 6.45) is 1.16. The molecule has 1 aromatic carbocycles. The normalized spacial score (nSPS) is 23.1. The van der Waals surface area contributed by atoms with E-state index < -0.39 is 17.5 Å². The molecule has 5 nitrogen and oxygen atoms in total. The maximum atomic E-state index is 12.9. The van der Waals surface area contributed by atoms with Crippen LogP contribution in [0.1, 0.15) is 24.8 Å². The Morgan fingerprint density at radius 1 is 1.32 bits per heavy atom. The van der Waals surface area contributed by atoms with Gasteiger partial charge in [-0.05, 0) is 30.5 Å². The number of benzene rings is 1. The third kappa shape index (κ3) is 2.96. The van der Waals surface area contributed by atoms with Crippen LogP contribution in [0.4, 0.5) is 0 Å². The van der Waals surface area contributed by atoms with Gasteiger partial charge in [0.1, 0.15) is 0 Å². The van der Waals surface area contributed by atoms with Crippen molar-refractivity contribution >= 4 is 23.5 Å². The number of carboxylic acid groups (broad SMARTS) is 1. The van der Waals surface area contributed by atoms with E-state index in [2.05, 4.69) is 0 Å². The number of aliphatic carboxylic acids is 1. The monoisotopic (exact) mass is 323 g/mol. The van der Waals surface area contributed by atoms with Crippen LogP contribution in [0.3, 0.4) is 0 Å². The highest BCUT2D eigenvalue weighted by Crippen LogP contribution is 2.50. The Morgan fingerprint density at radius 2 is 2.00 bits per heavy atom. The van der Waals surface area contributed by atoms with Gasteiger partial charge in [-0.25, -0.2) is 0 Å². The first-order valence-corrected chi connectivity index (χ1v) is 7.78. The molecule has 0 bridgehead atoms. The van der Waals surface area contributed by atoms with Gasteiger partial charge in [-0.1, -0.05) is 23.7 Å². The van der Waals surface area contributed by atoms with Crippen molar-refractivity contribution in [2.24, 2.45) is 0 Å². The predicted molar refractivity (Wildman–Crippen MR) is 80.9 cm³/mol. The zero-order valence-corrected chi connectivity index (χ0v) is 12.9. The van der Waals surface area contributed by atoms with E-state index in [9.17, 15) is 9.59 Å². The van der Waals surface area contributed by atoms with Crippen molar-refractivity contribution in [3.63, 3.8) is 0 Å². The van der Waals surface area contributed by atoms with Crippen molar-refractivity contribution < 1.29 is 19.4 Å². The fourth-order valence-electron chi connectivity index (χ4n) is 3.04. The minimum atomic E-state index is -0.905. The van der Waals surface area contributed by atoms with Crippen molar-refractivity contribution in [2.45, 2.75) is 30.8 Å². The molecule has 118 valence electrons. The van der Waals surface area contributed by atoms with Gasteiger partial charge < -0.3 is 14.7 Å². The Kier molecular flexibility index (Phi) is 4.10. The molecule has 1 amide bonds. The number of halogens is 1. The molecule has 1 aliphatic heterocycles. The molecule has 2 aliphatic rings. The summed E-state index contributed by atoms with van der Waals surface area (Å²) in [6.45, 7) is 1.26. The number of carboxylic acids is 1. The minimum Gasteiger partial charge on any atom is -0.481 e. The third-order valence-electron chi connectivity index (χ3n) is 4.38. The van der Waals surface area contributed by atoms with Gasteiger partial charge in [0.25, 0.3) is 0 Å². The van der Waals surface area contributed by atoms with Crippen LogP contribution in [0.25, 0.3) is 0 Å². The molecular weight excluding hydrogens is 306 g/mol.